The molecule has 0 heterocycles. The summed E-state index contributed by atoms with van der Waals surface area (Å²) in [7, 11) is 0. The van der Waals surface area contributed by atoms with Crippen molar-refractivity contribution < 1.29 is 14.3 Å². The van der Waals surface area contributed by atoms with E-state index in [-0.39, 0.29) is 18.6 Å². The molecule has 116 valence electrons. The van der Waals surface area contributed by atoms with Crippen LogP contribution in [0.15, 0.2) is 24.3 Å². The lowest BCUT2D eigenvalue weighted by atomic mass is 9.86. The van der Waals surface area contributed by atoms with Gasteiger partial charge in [0.1, 0.15) is 0 Å². The Kier molecular flexibility index (Phi) is 5.54. The van der Waals surface area contributed by atoms with Gasteiger partial charge in [-0.3, -0.25) is 4.79 Å². The summed E-state index contributed by atoms with van der Waals surface area (Å²) in [5.41, 5.74) is 0.804. The third-order valence-corrected chi connectivity index (χ3v) is 4.04. The molecule has 2 atom stereocenters. The Morgan fingerprint density at radius 2 is 1.95 bits per heavy atom. The number of esters is 1. The molecular weight excluding hydrogens is 280 g/mol. The number of carbonyl (C=O) groups excluding carboxylic acids is 2. The van der Waals surface area contributed by atoms with E-state index in [1.807, 2.05) is 6.07 Å². The third-order valence-electron chi connectivity index (χ3n) is 4.04. The highest BCUT2D eigenvalue weighted by Crippen LogP contribution is 2.23. The van der Waals surface area contributed by atoms with Crippen molar-refractivity contribution in [1.29, 1.82) is 5.26 Å². The minimum atomic E-state index is -0.559. The van der Waals surface area contributed by atoms with E-state index < -0.39 is 5.97 Å². The van der Waals surface area contributed by atoms with Gasteiger partial charge >= 0.3 is 5.97 Å². The number of rotatable bonds is 4. The van der Waals surface area contributed by atoms with Gasteiger partial charge in [-0.1, -0.05) is 19.8 Å². The van der Waals surface area contributed by atoms with E-state index in [9.17, 15) is 9.59 Å². The summed E-state index contributed by atoms with van der Waals surface area (Å²) in [6, 6.07) is 8.27. The highest BCUT2D eigenvalue weighted by Gasteiger charge is 2.23. The van der Waals surface area contributed by atoms with Crippen molar-refractivity contribution in [3.63, 3.8) is 0 Å². The summed E-state index contributed by atoms with van der Waals surface area (Å²) >= 11 is 0. The molecule has 1 aromatic rings. The van der Waals surface area contributed by atoms with Gasteiger partial charge in [0.2, 0.25) is 0 Å². The summed E-state index contributed by atoms with van der Waals surface area (Å²) in [6.45, 7) is 1.86. The van der Waals surface area contributed by atoms with Gasteiger partial charge in [-0.05, 0) is 43.0 Å². The number of nitrogens with zero attached hydrogens (tertiary/aromatic N) is 1. The Morgan fingerprint density at radius 3 is 2.59 bits per heavy atom. The normalized spacial score (nSPS) is 20.7. The van der Waals surface area contributed by atoms with E-state index in [4.69, 9.17) is 10.00 Å². The zero-order chi connectivity index (χ0) is 15.9. The molecule has 1 saturated carbocycles. The van der Waals surface area contributed by atoms with Crippen molar-refractivity contribution in [3.05, 3.63) is 35.4 Å². The number of nitrogens with one attached hydrogen (secondary N) is 1. The van der Waals surface area contributed by atoms with E-state index >= 15 is 0 Å². The number of amides is 1. The van der Waals surface area contributed by atoms with Crippen molar-refractivity contribution in [3.8, 4) is 6.07 Å². The average Bonchev–Trinajstić information content (AvgIpc) is 2.55. The first-order chi connectivity index (χ1) is 10.6. The van der Waals surface area contributed by atoms with Crippen LogP contribution in [0.3, 0.4) is 0 Å². The molecule has 1 aromatic carbocycles. The third kappa shape index (κ3) is 4.32. The van der Waals surface area contributed by atoms with Gasteiger partial charge in [0.05, 0.1) is 17.2 Å². The molecule has 2 unspecified atom stereocenters. The average molecular weight is 300 g/mol. The van der Waals surface area contributed by atoms with Crippen molar-refractivity contribution in [2.45, 2.75) is 38.6 Å². The summed E-state index contributed by atoms with van der Waals surface area (Å²) < 4.78 is 5.01. The molecule has 0 aromatic heterocycles. The van der Waals surface area contributed by atoms with Crippen LogP contribution in [0.1, 0.15) is 48.5 Å². The highest BCUT2D eigenvalue weighted by atomic mass is 16.5. The van der Waals surface area contributed by atoms with E-state index in [0.717, 1.165) is 19.3 Å². The van der Waals surface area contributed by atoms with Crippen molar-refractivity contribution in [2.24, 2.45) is 5.92 Å². The number of ether oxygens (including phenoxy) is 1. The molecule has 1 N–H and O–H groups in total. The minimum Gasteiger partial charge on any atom is -0.452 e. The first kappa shape index (κ1) is 16.0. The van der Waals surface area contributed by atoms with E-state index in [1.165, 1.54) is 18.6 Å². The van der Waals surface area contributed by atoms with Gasteiger partial charge in [0.15, 0.2) is 6.61 Å². The lowest BCUT2D eigenvalue weighted by molar-refractivity contribution is -0.125. The zero-order valence-corrected chi connectivity index (χ0v) is 12.7. The first-order valence-electron chi connectivity index (χ1n) is 7.57. The molecule has 0 bridgehead atoms. The predicted molar refractivity (Wildman–Crippen MR) is 81.0 cm³/mol. The molecule has 5 nitrogen and oxygen atoms in total. The van der Waals surface area contributed by atoms with Crippen LogP contribution < -0.4 is 5.32 Å². The molecule has 2 rings (SSSR count). The Labute approximate surface area is 130 Å². The smallest absolute Gasteiger partial charge is 0.338 e. The Morgan fingerprint density at radius 1 is 1.27 bits per heavy atom. The van der Waals surface area contributed by atoms with Crippen LogP contribution in [0.4, 0.5) is 0 Å². The van der Waals surface area contributed by atoms with Gasteiger partial charge in [-0.2, -0.15) is 5.26 Å². The van der Waals surface area contributed by atoms with Crippen LogP contribution in [0.25, 0.3) is 0 Å². The summed E-state index contributed by atoms with van der Waals surface area (Å²) in [5, 5.41) is 11.6. The Hall–Kier alpha value is -2.35. The van der Waals surface area contributed by atoms with Crippen molar-refractivity contribution >= 4 is 11.9 Å². The topological polar surface area (TPSA) is 79.2 Å². The van der Waals surface area contributed by atoms with Gasteiger partial charge in [0.25, 0.3) is 5.91 Å². The highest BCUT2D eigenvalue weighted by molar-refractivity contribution is 5.91. The molecule has 0 aliphatic heterocycles. The zero-order valence-electron chi connectivity index (χ0n) is 12.7. The summed E-state index contributed by atoms with van der Waals surface area (Å²) in [5.74, 6) is -0.357. The second kappa shape index (κ2) is 7.60. The molecule has 1 aliphatic carbocycles. The van der Waals surface area contributed by atoms with Crippen LogP contribution >= 0.6 is 0 Å². The molecule has 1 aliphatic rings. The maximum atomic E-state index is 11.9. The number of hydrogen-bond acceptors (Lipinski definition) is 4. The van der Waals surface area contributed by atoms with Crippen LogP contribution in [0, 0.1) is 17.2 Å². The molecule has 22 heavy (non-hydrogen) atoms. The fourth-order valence-corrected chi connectivity index (χ4v) is 2.67. The van der Waals surface area contributed by atoms with Crippen LogP contribution in [-0.4, -0.2) is 24.5 Å². The standard InChI is InChI=1S/C17H20N2O3/c1-12-4-2-3-5-15(12)19-16(20)11-22-17(21)14-8-6-13(10-18)7-9-14/h6-9,12,15H,2-5,11H2,1H3,(H,19,20). The number of benzene rings is 1. The largest absolute Gasteiger partial charge is 0.452 e. The maximum absolute atomic E-state index is 11.9. The Bertz CT molecular complexity index is 575. The lowest BCUT2D eigenvalue weighted by Crippen LogP contribution is -2.42. The van der Waals surface area contributed by atoms with E-state index in [2.05, 4.69) is 12.2 Å². The summed E-state index contributed by atoms with van der Waals surface area (Å²) in [4.78, 5) is 23.7. The van der Waals surface area contributed by atoms with Gasteiger partial charge in [0, 0.05) is 6.04 Å². The van der Waals surface area contributed by atoms with Crippen molar-refractivity contribution in [2.75, 3.05) is 6.61 Å². The van der Waals surface area contributed by atoms with E-state index in [1.54, 1.807) is 12.1 Å². The van der Waals surface area contributed by atoms with E-state index in [0.29, 0.717) is 17.0 Å². The van der Waals surface area contributed by atoms with Crippen LogP contribution in [0.5, 0.6) is 0 Å². The predicted octanol–water partition coefficient (Wildman–Crippen LogP) is 2.41. The van der Waals surface area contributed by atoms with Gasteiger partial charge < -0.3 is 10.1 Å². The number of nitriles is 1. The quantitative estimate of drug-likeness (QED) is 0.866. The second-order valence-electron chi connectivity index (χ2n) is 5.70. The monoisotopic (exact) mass is 300 g/mol. The molecular formula is C17H20N2O3. The fraction of sp³-hybridized carbons (Fsp3) is 0.471. The molecule has 0 saturated heterocycles. The maximum Gasteiger partial charge on any atom is 0.338 e. The second-order valence-corrected chi connectivity index (χ2v) is 5.70. The number of hydrogen-bond donors (Lipinski definition) is 1. The number of carbonyl (C=O) groups is 2. The fourth-order valence-electron chi connectivity index (χ4n) is 2.67. The first-order valence-corrected chi connectivity index (χ1v) is 7.57. The molecule has 1 amide bonds. The molecule has 1 fully saturated rings. The van der Waals surface area contributed by atoms with Crippen LogP contribution in [-0.2, 0) is 9.53 Å². The summed E-state index contributed by atoms with van der Waals surface area (Å²) in [6.07, 6.45) is 4.44. The minimum absolute atomic E-state index is 0.176. The molecule has 5 heteroatoms. The van der Waals surface area contributed by atoms with Crippen molar-refractivity contribution in [1.82, 2.24) is 5.32 Å². The molecule has 0 radical (unpaired) electrons. The lowest BCUT2D eigenvalue weighted by Gasteiger charge is -2.29. The van der Waals surface area contributed by atoms with Gasteiger partial charge in [-0.25, -0.2) is 4.79 Å². The molecule has 0 spiro atoms. The Balaban J connectivity index is 1.80. The van der Waals surface area contributed by atoms with Crippen LogP contribution in [0.2, 0.25) is 0 Å². The SMILES string of the molecule is CC1CCCCC1NC(=O)COC(=O)c1ccc(C#N)cc1. The van der Waals surface area contributed by atoms with Gasteiger partial charge in [-0.15, -0.1) is 0 Å².